The zero-order valence-corrected chi connectivity index (χ0v) is 17.5. The average Bonchev–Trinajstić information content (AvgIpc) is 2.74. The molecule has 6 nitrogen and oxygen atoms in total. The second kappa shape index (κ2) is 8.49. The average molecular weight is 442 g/mol. The van der Waals surface area contributed by atoms with Gasteiger partial charge in [0.2, 0.25) is 0 Å². The molecule has 0 spiro atoms. The molecular weight excluding hydrogens is 421 g/mol. The summed E-state index contributed by atoms with van der Waals surface area (Å²) in [5.41, 5.74) is 6.07. The molecule has 0 aliphatic carbocycles. The number of carbonyl (C=O) groups is 1. The van der Waals surface area contributed by atoms with Gasteiger partial charge in [0.25, 0.3) is 5.91 Å². The van der Waals surface area contributed by atoms with E-state index in [0.29, 0.717) is 24.4 Å². The zero-order valence-electron chi connectivity index (χ0n) is 17.5. The molecule has 3 aromatic rings. The van der Waals surface area contributed by atoms with E-state index in [4.69, 9.17) is 10.5 Å². The Labute approximate surface area is 182 Å². The van der Waals surface area contributed by atoms with E-state index >= 15 is 0 Å². The van der Waals surface area contributed by atoms with Crippen molar-refractivity contribution in [3.8, 4) is 17.0 Å². The van der Waals surface area contributed by atoms with Crippen molar-refractivity contribution in [2.75, 3.05) is 18.1 Å². The van der Waals surface area contributed by atoms with Gasteiger partial charge in [0, 0.05) is 18.0 Å². The van der Waals surface area contributed by atoms with E-state index in [9.17, 15) is 18.0 Å². The molecule has 1 aliphatic heterocycles. The van der Waals surface area contributed by atoms with Crippen LogP contribution in [0.1, 0.15) is 35.6 Å². The van der Waals surface area contributed by atoms with Crippen molar-refractivity contribution in [1.82, 2.24) is 9.97 Å². The van der Waals surface area contributed by atoms with Crippen LogP contribution in [0.2, 0.25) is 0 Å². The predicted molar refractivity (Wildman–Crippen MR) is 113 cm³/mol. The molecular formula is C23H21F3N4O2. The molecule has 0 radical (unpaired) electrons. The van der Waals surface area contributed by atoms with Gasteiger partial charge in [-0.2, -0.15) is 0 Å². The van der Waals surface area contributed by atoms with E-state index in [1.807, 2.05) is 18.7 Å². The second-order valence-electron chi connectivity index (χ2n) is 7.78. The number of nitrogens with two attached hydrogens (primary N) is 1. The van der Waals surface area contributed by atoms with E-state index in [2.05, 4.69) is 9.97 Å². The summed E-state index contributed by atoms with van der Waals surface area (Å²) in [5.74, 6) is -2.61. The molecule has 9 heteroatoms. The molecule has 1 aliphatic rings. The smallest absolute Gasteiger partial charge is 0.251 e. The van der Waals surface area contributed by atoms with Crippen LogP contribution in [0.15, 0.2) is 36.5 Å². The normalized spacial score (nSPS) is 13.1. The first-order chi connectivity index (χ1) is 15.2. The summed E-state index contributed by atoms with van der Waals surface area (Å²) in [6.45, 7) is 4.90. The largest absolute Gasteiger partial charge is 0.486 e. The maximum atomic E-state index is 14.8. The number of carbonyl (C=O) groups excluding carboxylic acids is 1. The van der Waals surface area contributed by atoms with Gasteiger partial charge in [-0.15, -0.1) is 0 Å². The van der Waals surface area contributed by atoms with Crippen molar-refractivity contribution in [1.29, 1.82) is 0 Å². The van der Waals surface area contributed by atoms with Crippen LogP contribution in [-0.2, 0) is 6.42 Å². The molecule has 4 rings (SSSR count). The lowest BCUT2D eigenvalue weighted by atomic mass is 10.1. The first-order valence-electron chi connectivity index (χ1n) is 10.1. The van der Waals surface area contributed by atoms with Crippen molar-refractivity contribution in [3.63, 3.8) is 0 Å². The Kier molecular flexibility index (Phi) is 5.73. The predicted octanol–water partition coefficient (Wildman–Crippen LogP) is 3.86. The van der Waals surface area contributed by atoms with Gasteiger partial charge in [-0.1, -0.05) is 6.07 Å². The van der Waals surface area contributed by atoms with Gasteiger partial charge in [0.05, 0.1) is 24.0 Å². The molecule has 0 unspecified atom stereocenters. The topological polar surface area (TPSA) is 81.3 Å². The summed E-state index contributed by atoms with van der Waals surface area (Å²) in [6, 6.07) is 6.87. The van der Waals surface area contributed by atoms with Crippen LogP contribution in [0.5, 0.6) is 5.75 Å². The number of rotatable bonds is 5. The van der Waals surface area contributed by atoms with Gasteiger partial charge in [0.1, 0.15) is 23.9 Å². The fraction of sp³-hybridized carbons (Fsp3) is 0.261. The fourth-order valence-electron chi connectivity index (χ4n) is 3.72. The molecule has 0 bridgehead atoms. The number of aromatic nitrogens is 2. The SMILES string of the molecule is CC(C)N1CCOc2c(F)cc(-c3nc(Cc4ccc(C(N)=O)c(F)c4)ncc3F)cc21. The zero-order chi connectivity index (χ0) is 23.0. The number of halogens is 3. The van der Waals surface area contributed by atoms with Crippen molar-refractivity contribution in [2.45, 2.75) is 26.3 Å². The number of hydrogen-bond acceptors (Lipinski definition) is 5. The molecule has 0 saturated heterocycles. The van der Waals surface area contributed by atoms with Crippen LogP contribution < -0.4 is 15.4 Å². The Hall–Kier alpha value is -3.62. The Morgan fingerprint density at radius 3 is 2.62 bits per heavy atom. The molecule has 32 heavy (non-hydrogen) atoms. The van der Waals surface area contributed by atoms with E-state index in [0.717, 1.165) is 12.3 Å². The standard InChI is InChI=1S/C23H21F3N4O2/c1-12(2)30-5-6-32-22-17(25)9-14(10-19(22)30)21-18(26)11-28-20(29-21)8-13-3-4-15(23(27)31)16(24)7-13/h3-4,7,9-12H,5-6,8H2,1-2H3,(H2,27,31). The van der Waals surface area contributed by atoms with E-state index in [1.165, 1.54) is 18.2 Å². The maximum absolute atomic E-state index is 14.8. The first kappa shape index (κ1) is 21.6. The minimum absolute atomic E-state index is 0.0693. The number of amides is 1. The summed E-state index contributed by atoms with van der Waals surface area (Å²) < 4.78 is 48.9. The molecule has 2 N–H and O–H groups in total. The molecule has 166 valence electrons. The number of anilines is 1. The second-order valence-corrected chi connectivity index (χ2v) is 7.78. The van der Waals surface area contributed by atoms with E-state index < -0.39 is 23.4 Å². The number of hydrogen-bond donors (Lipinski definition) is 1. The quantitative estimate of drug-likeness (QED) is 0.649. The molecule has 0 fully saturated rings. The summed E-state index contributed by atoms with van der Waals surface area (Å²) in [5, 5.41) is 0. The Morgan fingerprint density at radius 2 is 1.94 bits per heavy atom. The first-order valence-corrected chi connectivity index (χ1v) is 10.1. The van der Waals surface area contributed by atoms with Crippen molar-refractivity contribution >= 4 is 11.6 Å². The molecule has 0 atom stereocenters. The molecule has 0 saturated carbocycles. The third-order valence-electron chi connectivity index (χ3n) is 5.26. The van der Waals surface area contributed by atoms with Crippen LogP contribution >= 0.6 is 0 Å². The van der Waals surface area contributed by atoms with Crippen LogP contribution in [0, 0.1) is 17.5 Å². The summed E-state index contributed by atoms with van der Waals surface area (Å²) >= 11 is 0. The Balaban J connectivity index is 1.71. The number of ether oxygens (including phenoxy) is 1. The van der Waals surface area contributed by atoms with Gasteiger partial charge >= 0.3 is 0 Å². The lowest BCUT2D eigenvalue weighted by molar-refractivity contribution is 0.0996. The maximum Gasteiger partial charge on any atom is 0.251 e. The lowest BCUT2D eigenvalue weighted by Crippen LogP contribution is -2.38. The van der Waals surface area contributed by atoms with Gasteiger partial charge in [0.15, 0.2) is 17.4 Å². The lowest BCUT2D eigenvalue weighted by Gasteiger charge is -2.34. The number of fused-ring (bicyclic) bond motifs is 1. The van der Waals surface area contributed by atoms with Crippen LogP contribution in [0.3, 0.4) is 0 Å². The number of benzene rings is 2. The van der Waals surface area contributed by atoms with Crippen LogP contribution in [-0.4, -0.2) is 35.1 Å². The minimum Gasteiger partial charge on any atom is -0.486 e. The number of nitrogens with zero attached hydrogens (tertiary/aromatic N) is 3. The highest BCUT2D eigenvalue weighted by Gasteiger charge is 2.25. The van der Waals surface area contributed by atoms with Crippen molar-refractivity contribution in [3.05, 3.63) is 70.9 Å². The summed E-state index contributed by atoms with van der Waals surface area (Å²) in [4.78, 5) is 21.4. The summed E-state index contributed by atoms with van der Waals surface area (Å²) in [7, 11) is 0. The van der Waals surface area contributed by atoms with Crippen molar-refractivity contribution in [2.24, 2.45) is 5.73 Å². The third-order valence-corrected chi connectivity index (χ3v) is 5.26. The highest BCUT2D eigenvalue weighted by Crippen LogP contribution is 2.39. The van der Waals surface area contributed by atoms with E-state index in [-0.39, 0.29) is 40.9 Å². The highest BCUT2D eigenvalue weighted by molar-refractivity contribution is 5.93. The van der Waals surface area contributed by atoms with Gasteiger partial charge < -0.3 is 15.4 Å². The Bertz CT molecular complexity index is 1200. The third kappa shape index (κ3) is 4.10. The monoisotopic (exact) mass is 442 g/mol. The molecule has 1 amide bonds. The highest BCUT2D eigenvalue weighted by atomic mass is 19.1. The fourth-order valence-corrected chi connectivity index (χ4v) is 3.72. The van der Waals surface area contributed by atoms with Gasteiger partial charge in [-0.05, 0) is 43.7 Å². The van der Waals surface area contributed by atoms with Crippen LogP contribution in [0.25, 0.3) is 11.3 Å². The van der Waals surface area contributed by atoms with Crippen LogP contribution in [0.4, 0.5) is 18.9 Å². The Morgan fingerprint density at radius 1 is 1.16 bits per heavy atom. The minimum atomic E-state index is -0.872. The number of primary amides is 1. The van der Waals surface area contributed by atoms with Gasteiger partial charge in [-0.3, -0.25) is 4.79 Å². The molecule has 1 aromatic heterocycles. The molecule has 2 aromatic carbocycles. The molecule has 2 heterocycles. The van der Waals surface area contributed by atoms with Crippen molar-refractivity contribution < 1.29 is 22.7 Å². The van der Waals surface area contributed by atoms with E-state index in [1.54, 1.807) is 6.07 Å². The van der Waals surface area contributed by atoms with Gasteiger partial charge in [-0.25, -0.2) is 23.1 Å². The summed E-state index contributed by atoms with van der Waals surface area (Å²) in [6.07, 6.45) is 1.08.